The van der Waals surface area contributed by atoms with Crippen LogP contribution in [0.15, 0.2) is 18.2 Å². The fourth-order valence-corrected chi connectivity index (χ4v) is 3.35. The van der Waals surface area contributed by atoms with Crippen LogP contribution in [0.2, 0.25) is 5.02 Å². The molecule has 19 heavy (non-hydrogen) atoms. The molecular weight excluding hydrogens is 264 g/mol. The number of amides is 1. The zero-order valence-electron chi connectivity index (χ0n) is 10.8. The third-order valence-corrected chi connectivity index (χ3v) is 4.35. The lowest BCUT2D eigenvalue weighted by molar-refractivity contribution is -0.120. The van der Waals surface area contributed by atoms with E-state index in [0.29, 0.717) is 22.9 Å². The molecule has 5 heteroatoms. The van der Waals surface area contributed by atoms with Gasteiger partial charge in [-0.3, -0.25) is 4.79 Å². The van der Waals surface area contributed by atoms with Crippen LogP contribution in [0, 0.1) is 5.92 Å². The van der Waals surface area contributed by atoms with Gasteiger partial charge in [0.15, 0.2) is 0 Å². The average Bonchev–Trinajstić information content (AvgIpc) is 3.01. The number of anilines is 1. The van der Waals surface area contributed by atoms with Crippen LogP contribution in [0.25, 0.3) is 0 Å². The van der Waals surface area contributed by atoms with Gasteiger partial charge in [0.05, 0.1) is 18.1 Å². The summed E-state index contributed by atoms with van der Waals surface area (Å²) in [4.78, 5) is 12.2. The number of hydrogen-bond acceptors (Lipinski definition) is 3. The van der Waals surface area contributed by atoms with E-state index in [9.17, 15) is 4.79 Å². The van der Waals surface area contributed by atoms with E-state index >= 15 is 0 Å². The second-order valence-electron chi connectivity index (χ2n) is 5.23. The second-order valence-corrected chi connectivity index (χ2v) is 5.64. The van der Waals surface area contributed by atoms with Gasteiger partial charge in [-0.15, -0.1) is 0 Å². The molecular formula is C14H17ClN2O2. The maximum atomic E-state index is 12.2. The largest absolute Gasteiger partial charge is 0.495 e. The molecule has 0 spiro atoms. The minimum Gasteiger partial charge on any atom is -0.495 e. The van der Waals surface area contributed by atoms with Crippen LogP contribution in [-0.4, -0.2) is 25.1 Å². The molecule has 0 saturated carbocycles. The molecule has 3 atom stereocenters. The molecule has 2 aliphatic rings. The van der Waals surface area contributed by atoms with Crippen LogP contribution >= 0.6 is 11.6 Å². The van der Waals surface area contributed by atoms with Gasteiger partial charge in [-0.25, -0.2) is 0 Å². The number of halogens is 1. The number of benzene rings is 1. The van der Waals surface area contributed by atoms with Gasteiger partial charge < -0.3 is 15.4 Å². The predicted molar refractivity (Wildman–Crippen MR) is 74.7 cm³/mol. The molecule has 1 aromatic rings. The van der Waals surface area contributed by atoms with Crippen LogP contribution in [-0.2, 0) is 4.79 Å². The van der Waals surface area contributed by atoms with E-state index in [0.717, 1.165) is 18.5 Å². The highest BCUT2D eigenvalue weighted by atomic mass is 35.5. The zero-order valence-corrected chi connectivity index (χ0v) is 11.5. The summed E-state index contributed by atoms with van der Waals surface area (Å²) >= 11 is 6.05. The Bertz CT molecular complexity index is 506. The van der Waals surface area contributed by atoms with E-state index in [-0.39, 0.29) is 11.8 Å². The lowest BCUT2D eigenvalue weighted by atomic mass is 9.88. The average molecular weight is 281 g/mol. The minimum absolute atomic E-state index is 0.0830. The summed E-state index contributed by atoms with van der Waals surface area (Å²) in [6.45, 7) is 0. The lowest BCUT2D eigenvalue weighted by Gasteiger charge is -2.19. The normalized spacial score (nSPS) is 28.4. The Labute approximate surface area is 117 Å². The van der Waals surface area contributed by atoms with Crippen LogP contribution in [0.5, 0.6) is 5.75 Å². The van der Waals surface area contributed by atoms with Crippen molar-refractivity contribution < 1.29 is 9.53 Å². The third kappa shape index (κ3) is 2.42. The van der Waals surface area contributed by atoms with E-state index < -0.39 is 0 Å². The number of hydrogen-bond donors (Lipinski definition) is 2. The lowest BCUT2D eigenvalue weighted by Crippen LogP contribution is -2.32. The SMILES string of the molecule is COc1ccc(NC(=O)C2CC3CCC2N3)cc1Cl. The first-order valence-corrected chi connectivity index (χ1v) is 6.95. The zero-order chi connectivity index (χ0) is 13.4. The Morgan fingerprint density at radius 3 is 2.89 bits per heavy atom. The third-order valence-electron chi connectivity index (χ3n) is 4.06. The molecule has 1 amide bonds. The number of methoxy groups -OCH3 is 1. The number of nitrogens with one attached hydrogen (secondary N) is 2. The van der Waals surface area contributed by atoms with Gasteiger partial charge in [0, 0.05) is 17.8 Å². The van der Waals surface area contributed by atoms with E-state index in [4.69, 9.17) is 16.3 Å². The number of rotatable bonds is 3. The molecule has 3 rings (SSSR count). The molecule has 2 fully saturated rings. The Morgan fingerprint density at radius 1 is 1.47 bits per heavy atom. The summed E-state index contributed by atoms with van der Waals surface area (Å²) in [5.41, 5.74) is 0.721. The summed E-state index contributed by atoms with van der Waals surface area (Å²) in [6.07, 6.45) is 3.25. The summed E-state index contributed by atoms with van der Waals surface area (Å²) in [6, 6.07) is 6.16. The quantitative estimate of drug-likeness (QED) is 0.894. The molecule has 0 radical (unpaired) electrons. The van der Waals surface area contributed by atoms with E-state index in [1.54, 1.807) is 19.2 Å². The smallest absolute Gasteiger partial charge is 0.229 e. The van der Waals surface area contributed by atoms with Crippen molar-refractivity contribution >= 4 is 23.2 Å². The van der Waals surface area contributed by atoms with Gasteiger partial charge >= 0.3 is 0 Å². The summed E-state index contributed by atoms with van der Waals surface area (Å²) in [5, 5.41) is 6.92. The van der Waals surface area contributed by atoms with Crippen LogP contribution in [0.3, 0.4) is 0 Å². The van der Waals surface area contributed by atoms with Crippen molar-refractivity contribution in [3.05, 3.63) is 23.2 Å². The first-order chi connectivity index (χ1) is 9.17. The van der Waals surface area contributed by atoms with Crippen LogP contribution < -0.4 is 15.4 Å². The summed E-state index contributed by atoms with van der Waals surface area (Å²) in [7, 11) is 1.57. The van der Waals surface area contributed by atoms with Gasteiger partial charge in [0.25, 0.3) is 0 Å². The highest BCUT2D eigenvalue weighted by Gasteiger charge is 2.42. The monoisotopic (exact) mass is 280 g/mol. The van der Waals surface area contributed by atoms with Gasteiger partial charge in [-0.05, 0) is 37.5 Å². The van der Waals surface area contributed by atoms with E-state index in [1.165, 1.54) is 6.42 Å². The van der Waals surface area contributed by atoms with Crippen molar-refractivity contribution in [2.75, 3.05) is 12.4 Å². The van der Waals surface area contributed by atoms with E-state index in [2.05, 4.69) is 10.6 Å². The number of fused-ring (bicyclic) bond motifs is 2. The molecule has 2 saturated heterocycles. The fourth-order valence-electron chi connectivity index (χ4n) is 3.09. The Hall–Kier alpha value is -1.26. The van der Waals surface area contributed by atoms with Crippen molar-refractivity contribution in [2.24, 2.45) is 5.92 Å². The molecule has 0 aromatic heterocycles. The number of carbonyl (C=O) groups excluding carboxylic acids is 1. The summed E-state index contributed by atoms with van der Waals surface area (Å²) < 4.78 is 5.09. The molecule has 1 aromatic carbocycles. The molecule has 2 heterocycles. The standard InChI is InChI=1S/C14H17ClN2O2/c1-19-13-5-3-9(7-11(13)15)17-14(18)10-6-8-2-4-12(10)16-8/h3,5,7-8,10,12,16H,2,4,6H2,1H3,(H,17,18). The maximum absolute atomic E-state index is 12.2. The first kappa shape index (κ1) is 12.8. The Kier molecular flexibility index (Phi) is 3.37. The van der Waals surface area contributed by atoms with Crippen molar-refractivity contribution in [1.82, 2.24) is 5.32 Å². The minimum atomic E-state index is 0.0830. The Balaban J connectivity index is 1.68. The van der Waals surface area contributed by atoms with Crippen molar-refractivity contribution in [1.29, 1.82) is 0 Å². The van der Waals surface area contributed by atoms with Crippen LogP contribution in [0.1, 0.15) is 19.3 Å². The van der Waals surface area contributed by atoms with Gasteiger partial charge in [-0.2, -0.15) is 0 Å². The Morgan fingerprint density at radius 2 is 2.32 bits per heavy atom. The molecule has 2 N–H and O–H groups in total. The highest BCUT2D eigenvalue weighted by Crippen LogP contribution is 2.34. The molecule has 3 unspecified atom stereocenters. The van der Waals surface area contributed by atoms with Crippen LogP contribution in [0.4, 0.5) is 5.69 Å². The maximum Gasteiger partial charge on any atom is 0.229 e. The van der Waals surface area contributed by atoms with Crippen molar-refractivity contribution in [3.8, 4) is 5.75 Å². The fraction of sp³-hybridized carbons (Fsp3) is 0.500. The predicted octanol–water partition coefficient (Wildman–Crippen LogP) is 2.43. The van der Waals surface area contributed by atoms with Gasteiger partial charge in [-0.1, -0.05) is 11.6 Å². The second kappa shape index (κ2) is 5.02. The van der Waals surface area contributed by atoms with E-state index in [1.807, 2.05) is 6.07 Å². The van der Waals surface area contributed by atoms with Gasteiger partial charge in [0.2, 0.25) is 5.91 Å². The molecule has 102 valence electrons. The molecule has 0 aliphatic carbocycles. The highest BCUT2D eigenvalue weighted by molar-refractivity contribution is 6.32. The van der Waals surface area contributed by atoms with Gasteiger partial charge in [0.1, 0.15) is 5.75 Å². The molecule has 2 bridgehead atoms. The topological polar surface area (TPSA) is 50.4 Å². The molecule has 4 nitrogen and oxygen atoms in total. The molecule has 2 aliphatic heterocycles. The number of ether oxygens (including phenoxy) is 1. The first-order valence-electron chi connectivity index (χ1n) is 6.58. The number of carbonyl (C=O) groups is 1. The van der Waals surface area contributed by atoms with Crippen molar-refractivity contribution in [2.45, 2.75) is 31.3 Å². The summed E-state index contributed by atoms with van der Waals surface area (Å²) in [5.74, 6) is 0.779. The van der Waals surface area contributed by atoms with Crippen molar-refractivity contribution in [3.63, 3.8) is 0 Å².